The lowest BCUT2D eigenvalue weighted by atomic mass is 10.2. The number of amides is 1. The monoisotopic (exact) mass is 386 g/mol. The number of carbonyl (C=O) groups excluding carboxylic acids is 1. The van der Waals surface area contributed by atoms with Gasteiger partial charge in [0.1, 0.15) is 12.1 Å². The molecule has 1 amide bonds. The van der Waals surface area contributed by atoms with Crippen LogP contribution in [0.1, 0.15) is 33.3 Å². The first-order valence-electron chi connectivity index (χ1n) is 8.11. The number of carboxylic acid groups (broad SMARTS) is 1. The molecule has 0 radical (unpaired) electrons. The second-order valence-electron chi connectivity index (χ2n) is 6.91. The predicted molar refractivity (Wildman–Crippen MR) is 96.9 cm³/mol. The molecule has 0 aromatic heterocycles. The molecular formula is C17H26N2O6S. The Morgan fingerprint density at radius 2 is 1.77 bits per heavy atom. The van der Waals surface area contributed by atoms with Gasteiger partial charge in [0.15, 0.2) is 0 Å². The van der Waals surface area contributed by atoms with Crippen molar-refractivity contribution in [3.05, 3.63) is 35.9 Å². The van der Waals surface area contributed by atoms with E-state index in [1.54, 1.807) is 51.1 Å². The summed E-state index contributed by atoms with van der Waals surface area (Å²) in [5.41, 5.74) is -0.0308. The van der Waals surface area contributed by atoms with Crippen LogP contribution in [-0.2, 0) is 30.1 Å². The van der Waals surface area contributed by atoms with Crippen molar-refractivity contribution in [1.29, 1.82) is 0 Å². The molecule has 0 heterocycles. The quantitative estimate of drug-likeness (QED) is 0.579. The fourth-order valence-corrected chi connectivity index (χ4v) is 3.25. The molecule has 0 aliphatic rings. The van der Waals surface area contributed by atoms with E-state index >= 15 is 0 Å². The van der Waals surface area contributed by atoms with Crippen molar-refractivity contribution >= 4 is 21.9 Å². The Hall–Kier alpha value is -1.97. The molecule has 0 aliphatic heterocycles. The summed E-state index contributed by atoms with van der Waals surface area (Å²) in [5, 5.41) is 11.2. The van der Waals surface area contributed by atoms with E-state index in [1.807, 2.05) is 0 Å². The first-order chi connectivity index (χ1) is 11.9. The maximum atomic E-state index is 12.4. The van der Waals surface area contributed by atoms with Crippen LogP contribution in [0.3, 0.4) is 0 Å². The lowest BCUT2D eigenvalue weighted by molar-refractivity contribution is -0.142. The Balaban J connectivity index is 2.89. The molecule has 0 saturated heterocycles. The number of sulfonamides is 1. The third-order valence-corrected chi connectivity index (χ3v) is 4.61. The zero-order valence-electron chi connectivity index (χ0n) is 15.4. The maximum absolute atomic E-state index is 12.4. The summed E-state index contributed by atoms with van der Waals surface area (Å²) in [6, 6.07) is 6.12. The van der Waals surface area contributed by atoms with Crippen LogP contribution in [0.2, 0.25) is 0 Å². The van der Waals surface area contributed by atoms with Gasteiger partial charge in [-0.25, -0.2) is 13.1 Å². The topological polar surface area (TPSA) is 122 Å². The summed E-state index contributed by atoms with van der Waals surface area (Å²) in [4.78, 5) is 23.2. The van der Waals surface area contributed by atoms with Crippen molar-refractivity contribution in [2.24, 2.45) is 0 Å². The van der Waals surface area contributed by atoms with Crippen molar-refractivity contribution in [1.82, 2.24) is 10.0 Å². The third kappa shape index (κ3) is 8.41. The average Bonchev–Trinajstić information content (AvgIpc) is 2.50. The van der Waals surface area contributed by atoms with Gasteiger partial charge in [-0.05, 0) is 33.3 Å². The highest BCUT2D eigenvalue weighted by atomic mass is 32.2. The van der Waals surface area contributed by atoms with E-state index in [-0.39, 0.29) is 12.4 Å². The molecule has 3 N–H and O–H groups in total. The SMILES string of the molecule is C[C@H](NC(=O)[C@@H](COC(C)(C)C)NS(=O)(=O)Cc1ccccc1)C(=O)O. The van der Waals surface area contributed by atoms with E-state index in [1.165, 1.54) is 6.92 Å². The smallest absolute Gasteiger partial charge is 0.325 e. The second kappa shape index (κ2) is 9.11. The minimum atomic E-state index is -3.84. The first kappa shape index (κ1) is 22.1. The molecule has 0 aliphatic carbocycles. The Kier molecular flexibility index (Phi) is 7.73. The number of benzene rings is 1. The Labute approximate surface area is 154 Å². The number of hydrogen-bond acceptors (Lipinski definition) is 5. The minimum Gasteiger partial charge on any atom is -0.480 e. The van der Waals surface area contributed by atoms with Gasteiger partial charge in [0, 0.05) is 0 Å². The molecule has 0 fully saturated rings. The number of ether oxygens (including phenoxy) is 1. The van der Waals surface area contributed by atoms with Gasteiger partial charge in [-0.2, -0.15) is 0 Å². The zero-order chi connectivity index (χ0) is 20.0. The van der Waals surface area contributed by atoms with Crippen LogP contribution in [0.25, 0.3) is 0 Å². The summed E-state index contributed by atoms with van der Waals surface area (Å²) in [7, 11) is -3.84. The van der Waals surface area contributed by atoms with Gasteiger partial charge in [0.05, 0.1) is 18.0 Å². The number of carbonyl (C=O) groups is 2. The highest BCUT2D eigenvalue weighted by Crippen LogP contribution is 2.09. The van der Waals surface area contributed by atoms with Crippen molar-refractivity contribution in [3.8, 4) is 0 Å². The standard InChI is InChI=1S/C17H26N2O6S/c1-12(16(21)22)18-15(20)14(10-25-17(2,3)4)19-26(23,24)11-13-8-6-5-7-9-13/h5-9,12,14,19H,10-11H2,1-4H3,(H,18,20)(H,21,22)/t12-,14+/m0/s1. The van der Waals surface area contributed by atoms with E-state index in [0.29, 0.717) is 5.56 Å². The lowest BCUT2D eigenvalue weighted by Gasteiger charge is -2.25. The fraction of sp³-hybridized carbons (Fsp3) is 0.529. The zero-order valence-corrected chi connectivity index (χ0v) is 16.2. The van der Waals surface area contributed by atoms with Gasteiger partial charge >= 0.3 is 5.97 Å². The third-order valence-electron chi connectivity index (χ3n) is 3.25. The van der Waals surface area contributed by atoms with Gasteiger partial charge in [-0.1, -0.05) is 30.3 Å². The minimum absolute atomic E-state index is 0.226. The fourth-order valence-electron chi connectivity index (χ4n) is 1.92. The van der Waals surface area contributed by atoms with Crippen LogP contribution in [-0.4, -0.2) is 49.7 Å². The number of aliphatic carboxylic acids is 1. The van der Waals surface area contributed by atoms with Crippen LogP contribution >= 0.6 is 0 Å². The largest absolute Gasteiger partial charge is 0.480 e. The van der Waals surface area contributed by atoms with Crippen molar-refractivity contribution in [3.63, 3.8) is 0 Å². The molecular weight excluding hydrogens is 360 g/mol. The number of hydrogen-bond donors (Lipinski definition) is 3. The molecule has 26 heavy (non-hydrogen) atoms. The van der Waals surface area contributed by atoms with Crippen molar-refractivity contribution < 1.29 is 27.9 Å². The van der Waals surface area contributed by atoms with Crippen LogP contribution in [0.5, 0.6) is 0 Å². The summed E-state index contributed by atoms with van der Waals surface area (Å²) in [5.74, 6) is -2.29. The van der Waals surface area contributed by atoms with Gasteiger partial charge < -0.3 is 15.2 Å². The molecule has 9 heteroatoms. The summed E-state index contributed by atoms with van der Waals surface area (Å²) >= 11 is 0. The molecule has 1 aromatic carbocycles. The molecule has 8 nitrogen and oxygen atoms in total. The molecule has 1 aromatic rings. The molecule has 0 unspecified atom stereocenters. The van der Waals surface area contributed by atoms with E-state index in [0.717, 1.165) is 0 Å². The predicted octanol–water partition coefficient (Wildman–Crippen LogP) is 0.879. The van der Waals surface area contributed by atoms with E-state index in [2.05, 4.69) is 10.0 Å². The average molecular weight is 386 g/mol. The number of rotatable bonds is 9. The number of carboxylic acids is 1. The second-order valence-corrected chi connectivity index (χ2v) is 8.66. The molecule has 0 spiro atoms. The van der Waals surface area contributed by atoms with E-state index in [9.17, 15) is 18.0 Å². The van der Waals surface area contributed by atoms with Crippen LogP contribution in [0.4, 0.5) is 0 Å². The van der Waals surface area contributed by atoms with Crippen molar-refractivity contribution in [2.75, 3.05) is 6.61 Å². The highest BCUT2D eigenvalue weighted by molar-refractivity contribution is 7.88. The molecule has 2 atom stereocenters. The van der Waals surface area contributed by atoms with Gasteiger partial charge in [0.2, 0.25) is 15.9 Å². The molecule has 1 rings (SSSR count). The van der Waals surface area contributed by atoms with Crippen LogP contribution < -0.4 is 10.0 Å². The molecule has 0 bridgehead atoms. The summed E-state index contributed by atoms with van der Waals surface area (Å²) < 4.78 is 32.6. The summed E-state index contributed by atoms with van der Waals surface area (Å²) in [6.07, 6.45) is 0. The van der Waals surface area contributed by atoms with E-state index in [4.69, 9.17) is 9.84 Å². The van der Waals surface area contributed by atoms with E-state index < -0.39 is 39.6 Å². The Morgan fingerprint density at radius 1 is 1.19 bits per heavy atom. The van der Waals surface area contributed by atoms with Gasteiger partial charge in [0.25, 0.3) is 0 Å². The Bertz CT molecular complexity index is 713. The molecule has 0 saturated carbocycles. The molecule has 146 valence electrons. The first-order valence-corrected chi connectivity index (χ1v) is 9.76. The van der Waals surface area contributed by atoms with Crippen molar-refractivity contribution in [2.45, 2.75) is 51.1 Å². The van der Waals surface area contributed by atoms with Crippen LogP contribution in [0, 0.1) is 0 Å². The number of nitrogens with one attached hydrogen (secondary N) is 2. The lowest BCUT2D eigenvalue weighted by Crippen LogP contribution is -2.53. The maximum Gasteiger partial charge on any atom is 0.325 e. The summed E-state index contributed by atoms with van der Waals surface area (Å²) in [6.45, 7) is 6.36. The Morgan fingerprint density at radius 3 is 2.27 bits per heavy atom. The van der Waals surface area contributed by atoms with Gasteiger partial charge in [-0.15, -0.1) is 0 Å². The normalized spacial score (nSPS) is 14.5. The van der Waals surface area contributed by atoms with Gasteiger partial charge in [-0.3, -0.25) is 9.59 Å². The highest BCUT2D eigenvalue weighted by Gasteiger charge is 2.28. The van der Waals surface area contributed by atoms with Crippen LogP contribution in [0.15, 0.2) is 30.3 Å².